The number of carboxylic acids is 1. The van der Waals surface area contributed by atoms with Crippen molar-refractivity contribution in [2.45, 2.75) is 6.92 Å². The Labute approximate surface area is 110 Å². The molecule has 5 nitrogen and oxygen atoms in total. The Kier molecular flexibility index (Phi) is 2.34. The van der Waals surface area contributed by atoms with Crippen LogP contribution in [0.1, 0.15) is 21.5 Å². The molecule has 3 N–H and O–H groups in total. The minimum Gasteiger partial charge on any atom is -0.478 e. The predicted octanol–water partition coefficient (Wildman–Crippen LogP) is 1.88. The molecule has 0 aliphatic rings. The van der Waals surface area contributed by atoms with Crippen LogP contribution in [0.25, 0.3) is 5.69 Å². The third kappa shape index (κ3) is 2.57. The second-order valence-electron chi connectivity index (χ2n) is 3.15. The number of aromatic nitrogens is 2. The standard InChI is InChI=1S/C11H11N3O2.ClH/c1-7-5-10(12)14(13-7)9-4-2-3-8(6-9)11(15)16;/h2-6H,12H2,1H3,(H,15,16);1H/i2D,3D,4D,6D;. The van der Waals surface area contributed by atoms with Gasteiger partial charge in [-0.1, -0.05) is 6.04 Å². The summed E-state index contributed by atoms with van der Waals surface area (Å²) in [5, 5.41) is 13.0. The van der Waals surface area contributed by atoms with Gasteiger partial charge in [0.05, 0.1) is 22.4 Å². The van der Waals surface area contributed by atoms with Gasteiger partial charge in [0.25, 0.3) is 0 Å². The molecule has 0 bridgehead atoms. The first-order valence-corrected chi connectivity index (χ1v) is 4.41. The van der Waals surface area contributed by atoms with Crippen LogP contribution in [0.2, 0.25) is 0 Å². The number of nitrogen functional groups attached to an aromatic ring is 1. The van der Waals surface area contributed by atoms with Crippen LogP contribution in [0, 0.1) is 6.92 Å². The lowest BCUT2D eigenvalue weighted by Gasteiger charge is -2.04. The highest BCUT2D eigenvalue weighted by Gasteiger charge is 2.07. The van der Waals surface area contributed by atoms with Gasteiger partial charge >= 0.3 is 5.97 Å². The number of hydrogen-bond donors (Lipinski definition) is 2. The van der Waals surface area contributed by atoms with Gasteiger partial charge in [0, 0.05) is 6.07 Å². The molecule has 1 aromatic heterocycles. The minimum absolute atomic E-state index is 0. The molecule has 90 valence electrons. The number of carbonyl (C=O) groups is 1. The molecule has 0 aliphatic carbocycles. The molecule has 0 unspecified atom stereocenters. The molecule has 0 fully saturated rings. The molecule has 1 aromatic carbocycles. The second kappa shape index (κ2) is 4.88. The third-order valence-electron chi connectivity index (χ3n) is 1.90. The van der Waals surface area contributed by atoms with Gasteiger partial charge < -0.3 is 10.8 Å². The van der Waals surface area contributed by atoms with E-state index in [2.05, 4.69) is 5.10 Å². The predicted molar refractivity (Wildman–Crippen MR) is 66.9 cm³/mol. The Balaban J connectivity index is 0.00000220. The van der Waals surface area contributed by atoms with Crippen molar-refractivity contribution in [2.24, 2.45) is 0 Å². The summed E-state index contributed by atoms with van der Waals surface area (Å²) >= 11 is 0. The molecule has 0 spiro atoms. The van der Waals surface area contributed by atoms with E-state index in [1.807, 2.05) is 0 Å². The molecule has 1 heterocycles. The molecule has 0 aliphatic heterocycles. The lowest BCUT2D eigenvalue weighted by Crippen LogP contribution is -2.04. The molecule has 6 heteroatoms. The smallest absolute Gasteiger partial charge is 0.335 e. The Morgan fingerprint density at radius 1 is 1.59 bits per heavy atom. The largest absolute Gasteiger partial charge is 0.478 e. The zero-order valence-corrected chi connectivity index (χ0v) is 9.63. The summed E-state index contributed by atoms with van der Waals surface area (Å²) in [7, 11) is 0. The fourth-order valence-corrected chi connectivity index (χ4v) is 1.25. The number of anilines is 1. The van der Waals surface area contributed by atoms with Crippen molar-refractivity contribution >= 4 is 24.2 Å². The Morgan fingerprint density at radius 2 is 2.29 bits per heavy atom. The number of benzene rings is 1. The van der Waals surface area contributed by atoms with Crippen LogP contribution < -0.4 is 5.73 Å². The molecule has 0 saturated carbocycles. The third-order valence-corrected chi connectivity index (χ3v) is 1.90. The normalized spacial score (nSPS) is 13.0. The lowest BCUT2D eigenvalue weighted by molar-refractivity contribution is 0.0697. The molecule has 2 aromatic rings. The Bertz CT molecular complexity index is 733. The number of nitrogens with two attached hydrogens (primary N) is 1. The van der Waals surface area contributed by atoms with Crippen molar-refractivity contribution in [3.63, 3.8) is 0 Å². The molecule has 0 radical (unpaired) electrons. The van der Waals surface area contributed by atoms with E-state index >= 15 is 0 Å². The average molecular weight is 258 g/mol. The van der Waals surface area contributed by atoms with Gasteiger partial charge in [-0.2, -0.15) is 5.10 Å². The Hall–Kier alpha value is -2.01. The van der Waals surface area contributed by atoms with Gasteiger partial charge in [-0.15, -0.1) is 12.4 Å². The van der Waals surface area contributed by atoms with Crippen molar-refractivity contribution in [1.82, 2.24) is 9.78 Å². The van der Waals surface area contributed by atoms with Crippen LogP contribution in [-0.4, -0.2) is 20.9 Å². The summed E-state index contributed by atoms with van der Waals surface area (Å²) < 4.78 is 31.9. The molecular formula is C11H12ClN3O2. The highest BCUT2D eigenvalue weighted by molar-refractivity contribution is 5.88. The first-order valence-electron chi connectivity index (χ1n) is 6.41. The number of hydrogen-bond acceptors (Lipinski definition) is 3. The highest BCUT2D eigenvalue weighted by atomic mass is 35.5. The zero-order valence-electron chi connectivity index (χ0n) is 12.8. The topological polar surface area (TPSA) is 81.1 Å². The summed E-state index contributed by atoms with van der Waals surface area (Å²) in [4.78, 5) is 11.1. The van der Waals surface area contributed by atoms with E-state index in [-0.39, 0.29) is 23.9 Å². The minimum atomic E-state index is -1.50. The van der Waals surface area contributed by atoms with Gasteiger partial charge in [0.2, 0.25) is 0 Å². The van der Waals surface area contributed by atoms with Crippen LogP contribution >= 0.6 is 12.4 Å². The van der Waals surface area contributed by atoms with E-state index < -0.39 is 35.7 Å². The summed E-state index contributed by atoms with van der Waals surface area (Å²) in [6, 6.07) is -0.768. The van der Waals surface area contributed by atoms with E-state index in [0.29, 0.717) is 5.69 Å². The second-order valence-corrected chi connectivity index (χ2v) is 3.15. The van der Waals surface area contributed by atoms with Crippen molar-refractivity contribution < 1.29 is 15.4 Å². The van der Waals surface area contributed by atoms with Gasteiger partial charge in [-0.3, -0.25) is 0 Å². The number of aromatic carboxylic acids is 1. The molecule has 0 amide bonds. The van der Waals surface area contributed by atoms with E-state index in [4.69, 9.17) is 16.3 Å². The lowest BCUT2D eigenvalue weighted by atomic mass is 10.2. The molecule has 2 rings (SSSR count). The van der Waals surface area contributed by atoms with Crippen molar-refractivity contribution in [3.8, 4) is 5.69 Å². The van der Waals surface area contributed by atoms with Gasteiger partial charge in [-0.05, 0) is 25.1 Å². The summed E-state index contributed by atoms with van der Waals surface area (Å²) in [6.07, 6.45) is 0. The van der Waals surface area contributed by atoms with Crippen LogP contribution in [0.15, 0.2) is 30.2 Å². The summed E-state index contributed by atoms with van der Waals surface area (Å²) in [5.74, 6) is -1.38. The quantitative estimate of drug-likeness (QED) is 0.861. The number of rotatable bonds is 2. The van der Waals surface area contributed by atoms with Gasteiger partial charge in [0.15, 0.2) is 0 Å². The first kappa shape index (κ1) is 8.14. The SMILES string of the molecule is Cl.[2H]c1c([2H])c(C(=O)O)c([2H])c(-n2nc(C)cc2N)c1[2H]. The average Bonchev–Trinajstić information content (AvgIpc) is 2.66. The maximum absolute atomic E-state index is 11.1. The summed E-state index contributed by atoms with van der Waals surface area (Å²) in [6.45, 7) is 1.65. The fraction of sp³-hybridized carbons (Fsp3) is 0.0909. The van der Waals surface area contributed by atoms with Crippen LogP contribution in [0.3, 0.4) is 0 Å². The van der Waals surface area contributed by atoms with E-state index in [1.165, 1.54) is 6.07 Å². The highest BCUT2D eigenvalue weighted by Crippen LogP contribution is 2.15. The number of nitrogens with zero attached hydrogens (tertiary/aromatic N) is 2. The number of carboxylic acid groups (broad SMARTS) is 1. The van der Waals surface area contributed by atoms with Crippen LogP contribution in [0.5, 0.6) is 0 Å². The van der Waals surface area contributed by atoms with E-state index in [0.717, 1.165) is 4.68 Å². The van der Waals surface area contributed by atoms with Gasteiger partial charge in [-0.25, -0.2) is 9.48 Å². The Morgan fingerprint density at radius 3 is 2.82 bits per heavy atom. The van der Waals surface area contributed by atoms with Crippen molar-refractivity contribution in [3.05, 3.63) is 41.5 Å². The maximum atomic E-state index is 11.1. The molecule has 0 atom stereocenters. The molecule has 0 saturated heterocycles. The van der Waals surface area contributed by atoms with Crippen LogP contribution in [-0.2, 0) is 0 Å². The zero-order chi connectivity index (χ0) is 15.2. The van der Waals surface area contributed by atoms with E-state index in [9.17, 15) is 4.79 Å². The molecule has 17 heavy (non-hydrogen) atoms. The van der Waals surface area contributed by atoms with E-state index in [1.54, 1.807) is 6.92 Å². The number of halogens is 1. The maximum Gasteiger partial charge on any atom is 0.335 e. The van der Waals surface area contributed by atoms with Crippen molar-refractivity contribution in [2.75, 3.05) is 5.73 Å². The molecular weight excluding hydrogens is 242 g/mol. The fourth-order valence-electron chi connectivity index (χ4n) is 1.25. The number of aryl methyl sites for hydroxylation is 1. The monoisotopic (exact) mass is 257 g/mol. The summed E-state index contributed by atoms with van der Waals surface area (Å²) in [5.41, 5.74) is 5.37. The van der Waals surface area contributed by atoms with Crippen molar-refractivity contribution in [1.29, 1.82) is 0 Å². The van der Waals surface area contributed by atoms with Crippen LogP contribution in [0.4, 0.5) is 5.82 Å². The van der Waals surface area contributed by atoms with Gasteiger partial charge in [0.1, 0.15) is 5.82 Å². The first-order chi connectivity index (χ1) is 9.25.